The minimum absolute atomic E-state index is 0.0172. The van der Waals surface area contributed by atoms with Crippen molar-refractivity contribution in [2.45, 2.75) is 19.9 Å². The fourth-order valence-corrected chi connectivity index (χ4v) is 2.76. The average molecular weight is 289 g/mol. The van der Waals surface area contributed by atoms with Gasteiger partial charge in [0.2, 0.25) is 5.91 Å². The molecular formula is C15H19N3OS. The molecule has 0 aliphatic carbocycles. The summed E-state index contributed by atoms with van der Waals surface area (Å²) < 4.78 is 0. The van der Waals surface area contributed by atoms with Gasteiger partial charge in [0, 0.05) is 13.2 Å². The predicted octanol–water partition coefficient (Wildman–Crippen LogP) is 2.99. The van der Waals surface area contributed by atoms with E-state index in [0.717, 1.165) is 15.6 Å². The number of benzene rings is 1. The van der Waals surface area contributed by atoms with Crippen LogP contribution in [0.3, 0.4) is 0 Å². The maximum Gasteiger partial charge on any atom is 0.242 e. The van der Waals surface area contributed by atoms with Crippen LogP contribution in [0.1, 0.15) is 13.8 Å². The van der Waals surface area contributed by atoms with E-state index in [1.807, 2.05) is 38.2 Å². The second-order valence-electron chi connectivity index (χ2n) is 4.88. The Hall–Kier alpha value is -1.88. The average Bonchev–Trinajstić information content (AvgIpc) is 2.93. The molecule has 0 saturated carbocycles. The van der Waals surface area contributed by atoms with Crippen LogP contribution in [-0.2, 0) is 4.79 Å². The molecule has 2 N–H and O–H groups in total. The number of carbonyl (C=O) groups is 1. The highest BCUT2D eigenvalue weighted by atomic mass is 32.1. The molecule has 1 atom stereocenters. The van der Waals surface area contributed by atoms with Gasteiger partial charge in [0.15, 0.2) is 5.13 Å². The van der Waals surface area contributed by atoms with Crippen LogP contribution in [0.25, 0.3) is 10.4 Å². The van der Waals surface area contributed by atoms with E-state index in [-0.39, 0.29) is 17.9 Å². The third-order valence-corrected chi connectivity index (χ3v) is 4.02. The number of rotatable bonds is 5. The van der Waals surface area contributed by atoms with Crippen molar-refractivity contribution in [2.24, 2.45) is 5.92 Å². The molecule has 20 heavy (non-hydrogen) atoms. The molecule has 2 rings (SSSR count). The second-order valence-corrected chi connectivity index (χ2v) is 5.91. The Morgan fingerprint density at radius 2 is 1.95 bits per heavy atom. The van der Waals surface area contributed by atoms with E-state index >= 15 is 0 Å². The lowest BCUT2D eigenvalue weighted by Gasteiger charge is -2.19. The molecule has 5 heteroatoms. The van der Waals surface area contributed by atoms with Crippen LogP contribution in [0.15, 0.2) is 36.5 Å². The lowest BCUT2D eigenvalue weighted by atomic mass is 10.0. The van der Waals surface area contributed by atoms with E-state index in [9.17, 15) is 4.79 Å². The van der Waals surface area contributed by atoms with Crippen LogP contribution in [-0.4, -0.2) is 24.0 Å². The van der Waals surface area contributed by atoms with Gasteiger partial charge >= 0.3 is 0 Å². The first-order chi connectivity index (χ1) is 9.61. The third-order valence-electron chi connectivity index (χ3n) is 3.04. The smallest absolute Gasteiger partial charge is 0.242 e. The Balaban J connectivity index is 2.15. The number of thiazole rings is 1. The minimum Gasteiger partial charge on any atom is -0.357 e. The number of likely N-dealkylation sites (N-methyl/N-ethyl adjacent to an activating group) is 1. The van der Waals surface area contributed by atoms with E-state index in [4.69, 9.17) is 0 Å². The normalized spacial score (nSPS) is 12.2. The number of amides is 1. The van der Waals surface area contributed by atoms with Gasteiger partial charge in [-0.05, 0) is 11.5 Å². The summed E-state index contributed by atoms with van der Waals surface area (Å²) in [5, 5.41) is 6.66. The van der Waals surface area contributed by atoms with Gasteiger partial charge in [-0.25, -0.2) is 4.98 Å². The van der Waals surface area contributed by atoms with E-state index < -0.39 is 0 Å². The first-order valence-electron chi connectivity index (χ1n) is 6.61. The zero-order valence-electron chi connectivity index (χ0n) is 11.9. The molecule has 106 valence electrons. The Labute approximate surface area is 123 Å². The van der Waals surface area contributed by atoms with Crippen LogP contribution in [0.4, 0.5) is 5.13 Å². The van der Waals surface area contributed by atoms with Gasteiger partial charge in [0.1, 0.15) is 6.04 Å². The lowest BCUT2D eigenvalue weighted by Crippen LogP contribution is -2.41. The van der Waals surface area contributed by atoms with E-state index in [1.54, 1.807) is 18.4 Å². The molecule has 0 aliphatic heterocycles. The molecule has 0 radical (unpaired) electrons. The van der Waals surface area contributed by atoms with Crippen molar-refractivity contribution in [1.29, 1.82) is 0 Å². The first kappa shape index (κ1) is 14.5. The summed E-state index contributed by atoms with van der Waals surface area (Å²) in [6.45, 7) is 4.03. The van der Waals surface area contributed by atoms with Crippen LogP contribution in [0, 0.1) is 5.92 Å². The van der Waals surface area contributed by atoms with Crippen LogP contribution in [0.2, 0.25) is 0 Å². The molecule has 0 bridgehead atoms. The Morgan fingerprint density at radius 1 is 1.25 bits per heavy atom. The van der Waals surface area contributed by atoms with Gasteiger partial charge in [-0.1, -0.05) is 55.5 Å². The van der Waals surface area contributed by atoms with Crippen molar-refractivity contribution >= 4 is 22.4 Å². The maximum atomic E-state index is 11.8. The van der Waals surface area contributed by atoms with Crippen molar-refractivity contribution < 1.29 is 4.79 Å². The highest BCUT2D eigenvalue weighted by molar-refractivity contribution is 7.18. The number of hydrogen-bond donors (Lipinski definition) is 2. The Morgan fingerprint density at radius 3 is 2.55 bits per heavy atom. The molecule has 1 heterocycles. The molecule has 1 aromatic heterocycles. The minimum atomic E-state index is -0.269. The molecule has 0 spiro atoms. The number of nitrogens with zero attached hydrogens (tertiary/aromatic N) is 1. The van der Waals surface area contributed by atoms with Crippen LogP contribution in [0.5, 0.6) is 0 Å². The Kier molecular flexibility index (Phi) is 4.74. The summed E-state index contributed by atoms with van der Waals surface area (Å²) in [5.41, 5.74) is 1.14. The maximum absolute atomic E-state index is 11.8. The highest BCUT2D eigenvalue weighted by Gasteiger charge is 2.21. The summed E-state index contributed by atoms with van der Waals surface area (Å²) >= 11 is 1.56. The fraction of sp³-hybridized carbons (Fsp3) is 0.333. The zero-order chi connectivity index (χ0) is 14.5. The highest BCUT2D eigenvalue weighted by Crippen LogP contribution is 2.29. The van der Waals surface area contributed by atoms with Crippen LogP contribution < -0.4 is 10.6 Å². The van der Waals surface area contributed by atoms with Crippen molar-refractivity contribution in [3.05, 3.63) is 36.5 Å². The SMILES string of the molecule is CNC(=O)C(Nc1ncc(-c2ccccc2)s1)C(C)C. The molecule has 4 nitrogen and oxygen atoms in total. The molecular weight excluding hydrogens is 270 g/mol. The molecule has 0 aliphatic rings. The van der Waals surface area contributed by atoms with Crippen molar-refractivity contribution in [3.63, 3.8) is 0 Å². The molecule has 1 aromatic carbocycles. The summed E-state index contributed by atoms with van der Waals surface area (Å²) in [7, 11) is 1.65. The van der Waals surface area contributed by atoms with Crippen molar-refractivity contribution in [2.75, 3.05) is 12.4 Å². The molecule has 0 fully saturated rings. The Bertz CT molecular complexity index is 566. The number of aromatic nitrogens is 1. The van der Waals surface area contributed by atoms with Crippen LogP contribution >= 0.6 is 11.3 Å². The number of anilines is 1. The van der Waals surface area contributed by atoms with E-state index in [1.165, 1.54) is 0 Å². The summed E-state index contributed by atoms with van der Waals surface area (Å²) in [6, 6.07) is 9.83. The van der Waals surface area contributed by atoms with Gasteiger partial charge < -0.3 is 10.6 Å². The van der Waals surface area contributed by atoms with E-state index in [2.05, 4.69) is 27.8 Å². The molecule has 1 amide bonds. The predicted molar refractivity (Wildman–Crippen MR) is 83.9 cm³/mol. The number of hydrogen-bond acceptors (Lipinski definition) is 4. The summed E-state index contributed by atoms with van der Waals surface area (Å²) in [5.74, 6) is 0.176. The lowest BCUT2D eigenvalue weighted by molar-refractivity contribution is -0.122. The molecule has 2 aromatic rings. The fourth-order valence-electron chi connectivity index (χ4n) is 1.90. The summed E-state index contributed by atoms with van der Waals surface area (Å²) in [4.78, 5) is 17.3. The van der Waals surface area contributed by atoms with E-state index in [0.29, 0.717) is 0 Å². The van der Waals surface area contributed by atoms with Gasteiger partial charge in [-0.3, -0.25) is 4.79 Å². The number of carbonyl (C=O) groups excluding carboxylic acids is 1. The van der Waals surface area contributed by atoms with Crippen molar-refractivity contribution in [3.8, 4) is 10.4 Å². The summed E-state index contributed by atoms with van der Waals surface area (Å²) in [6.07, 6.45) is 1.84. The third kappa shape index (κ3) is 3.36. The van der Waals surface area contributed by atoms with Gasteiger partial charge in [0.25, 0.3) is 0 Å². The van der Waals surface area contributed by atoms with Gasteiger partial charge in [0.05, 0.1) is 4.88 Å². The van der Waals surface area contributed by atoms with Gasteiger partial charge in [-0.15, -0.1) is 0 Å². The van der Waals surface area contributed by atoms with Gasteiger partial charge in [-0.2, -0.15) is 0 Å². The number of nitrogens with one attached hydrogen (secondary N) is 2. The zero-order valence-corrected chi connectivity index (χ0v) is 12.7. The quantitative estimate of drug-likeness (QED) is 0.889. The standard InChI is InChI=1S/C15H19N3OS/c1-10(2)13(14(19)16-3)18-15-17-9-12(20-15)11-7-5-4-6-8-11/h4-10,13H,1-3H3,(H,16,19)(H,17,18). The van der Waals surface area contributed by atoms with Crippen molar-refractivity contribution in [1.82, 2.24) is 10.3 Å². The topological polar surface area (TPSA) is 54.0 Å². The largest absolute Gasteiger partial charge is 0.357 e. The second kappa shape index (κ2) is 6.52. The monoisotopic (exact) mass is 289 g/mol. The first-order valence-corrected chi connectivity index (χ1v) is 7.43. The molecule has 1 unspecified atom stereocenters. The molecule has 0 saturated heterocycles.